The van der Waals surface area contributed by atoms with E-state index in [1.807, 2.05) is 6.92 Å². The summed E-state index contributed by atoms with van der Waals surface area (Å²) in [6, 6.07) is 0. The Morgan fingerprint density at radius 2 is 2.60 bits per heavy atom. The third-order valence-electron chi connectivity index (χ3n) is 2.03. The Labute approximate surface area is 63.5 Å². The van der Waals surface area contributed by atoms with Gasteiger partial charge in [-0.05, 0) is 19.8 Å². The highest BCUT2D eigenvalue weighted by Crippen LogP contribution is 2.23. The molecule has 1 saturated heterocycles. The van der Waals surface area contributed by atoms with E-state index in [1.54, 1.807) is 6.92 Å². The monoisotopic (exact) mass is 143 g/mol. The molecule has 0 saturated carbocycles. The van der Waals surface area contributed by atoms with Crippen molar-refractivity contribution in [3.05, 3.63) is 0 Å². The molecule has 0 bridgehead atoms. The van der Waals surface area contributed by atoms with E-state index in [0.717, 1.165) is 6.42 Å². The van der Waals surface area contributed by atoms with Crippen molar-refractivity contribution >= 4 is 5.71 Å². The van der Waals surface area contributed by atoms with Crippen LogP contribution < -0.4 is 0 Å². The van der Waals surface area contributed by atoms with Crippen LogP contribution in [0.25, 0.3) is 0 Å². The SMILES string of the molecule is [3H][C@H]1CC(C(C)=N)[C@@H](CC)O1. The smallest absolute Gasteiger partial charge is 0.0653 e. The van der Waals surface area contributed by atoms with Gasteiger partial charge in [-0.1, -0.05) is 6.92 Å². The third-order valence-corrected chi connectivity index (χ3v) is 2.03. The second-order valence-electron chi connectivity index (χ2n) is 2.77. The maximum Gasteiger partial charge on any atom is 0.0653 e. The Bertz CT molecular complexity index is 160. The van der Waals surface area contributed by atoms with Gasteiger partial charge in [-0.25, -0.2) is 0 Å². The van der Waals surface area contributed by atoms with Crippen LogP contribution in [0.1, 0.15) is 28.1 Å². The minimum absolute atomic E-state index is 0.120. The van der Waals surface area contributed by atoms with Gasteiger partial charge >= 0.3 is 0 Å². The lowest BCUT2D eigenvalue weighted by molar-refractivity contribution is 0.0988. The topological polar surface area (TPSA) is 33.1 Å². The Kier molecular flexibility index (Phi) is 2.00. The molecule has 58 valence electrons. The van der Waals surface area contributed by atoms with E-state index in [0.29, 0.717) is 12.1 Å². The molecule has 1 aliphatic rings. The first-order valence-electron chi connectivity index (χ1n) is 4.35. The maximum absolute atomic E-state index is 7.45. The van der Waals surface area contributed by atoms with Crippen LogP contribution in [0.15, 0.2) is 0 Å². The molecule has 1 fully saturated rings. The van der Waals surface area contributed by atoms with E-state index in [1.165, 1.54) is 0 Å². The minimum atomic E-state index is -0.398. The number of ether oxygens (including phenoxy) is 1. The molecule has 0 amide bonds. The van der Waals surface area contributed by atoms with Crippen LogP contribution in [0, 0.1) is 11.3 Å². The first-order valence-corrected chi connectivity index (χ1v) is 3.78. The summed E-state index contributed by atoms with van der Waals surface area (Å²) in [7, 11) is 0. The predicted octanol–water partition coefficient (Wildman–Crippen LogP) is 1.84. The van der Waals surface area contributed by atoms with Crippen molar-refractivity contribution in [1.29, 1.82) is 5.41 Å². The van der Waals surface area contributed by atoms with Gasteiger partial charge in [0.25, 0.3) is 0 Å². The lowest BCUT2D eigenvalue weighted by Crippen LogP contribution is -2.20. The summed E-state index contributed by atoms with van der Waals surface area (Å²) in [6.07, 6.45) is 1.74. The average molecular weight is 143 g/mol. The fourth-order valence-electron chi connectivity index (χ4n) is 1.37. The van der Waals surface area contributed by atoms with Crippen LogP contribution in [0.5, 0.6) is 0 Å². The second kappa shape index (κ2) is 3.15. The molecule has 0 spiro atoms. The molecule has 0 aromatic carbocycles. The average Bonchev–Trinajstić information content (AvgIpc) is 2.30. The van der Waals surface area contributed by atoms with Gasteiger partial charge in [-0.2, -0.15) is 0 Å². The summed E-state index contributed by atoms with van der Waals surface area (Å²) >= 11 is 0. The van der Waals surface area contributed by atoms with Crippen LogP contribution in [0.4, 0.5) is 0 Å². The molecular weight excluding hydrogens is 126 g/mol. The largest absolute Gasteiger partial charge is 0.378 e. The Balaban J connectivity index is 2.57. The maximum atomic E-state index is 7.45. The Morgan fingerprint density at radius 3 is 3.00 bits per heavy atom. The van der Waals surface area contributed by atoms with Crippen LogP contribution in [-0.4, -0.2) is 18.4 Å². The van der Waals surface area contributed by atoms with E-state index in [2.05, 4.69) is 0 Å². The Morgan fingerprint density at radius 1 is 1.90 bits per heavy atom. The number of hydrogen-bond acceptors (Lipinski definition) is 2. The van der Waals surface area contributed by atoms with Gasteiger partial charge in [0, 0.05) is 18.2 Å². The molecule has 1 heterocycles. The van der Waals surface area contributed by atoms with Gasteiger partial charge in [-0.15, -0.1) is 0 Å². The van der Waals surface area contributed by atoms with Crippen LogP contribution in [0.3, 0.4) is 0 Å². The van der Waals surface area contributed by atoms with Crippen LogP contribution >= 0.6 is 0 Å². The quantitative estimate of drug-likeness (QED) is 0.588. The molecule has 10 heavy (non-hydrogen) atoms. The molecule has 0 aromatic heterocycles. The lowest BCUT2D eigenvalue weighted by Gasteiger charge is -2.14. The molecular formula is C8H15NO. The van der Waals surface area contributed by atoms with Gasteiger partial charge in [-0.3, -0.25) is 0 Å². The normalized spacial score (nSPS) is 41.4. The van der Waals surface area contributed by atoms with Crippen LogP contribution in [0.2, 0.25) is 0 Å². The summed E-state index contributed by atoms with van der Waals surface area (Å²) in [5, 5.41) is 7.45. The van der Waals surface area contributed by atoms with E-state index in [9.17, 15) is 0 Å². The molecule has 1 unspecified atom stereocenters. The fourth-order valence-corrected chi connectivity index (χ4v) is 1.37. The summed E-state index contributed by atoms with van der Waals surface area (Å²) in [5.41, 5.74) is 0.659. The fraction of sp³-hybridized carbons (Fsp3) is 0.875. The van der Waals surface area contributed by atoms with E-state index in [-0.39, 0.29) is 12.0 Å². The van der Waals surface area contributed by atoms with Gasteiger partial charge in [0.05, 0.1) is 7.47 Å². The highest BCUT2D eigenvalue weighted by atomic mass is 16.5. The molecule has 0 aliphatic carbocycles. The van der Waals surface area contributed by atoms with Gasteiger partial charge < -0.3 is 10.1 Å². The zero-order valence-electron chi connectivity index (χ0n) is 7.55. The van der Waals surface area contributed by atoms with E-state index >= 15 is 0 Å². The number of hydrogen-bond donors (Lipinski definition) is 1. The lowest BCUT2D eigenvalue weighted by atomic mass is 9.95. The molecule has 3 atom stereocenters. The molecule has 1 rings (SSSR count). The number of nitrogens with one attached hydrogen (secondary N) is 1. The summed E-state index contributed by atoms with van der Waals surface area (Å²) in [4.78, 5) is 0. The highest BCUT2D eigenvalue weighted by Gasteiger charge is 2.27. The summed E-state index contributed by atoms with van der Waals surface area (Å²) in [5.74, 6) is 0.197. The van der Waals surface area contributed by atoms with Crippen LogP contribution in [-0.2, 0) is 4.74 Å². The molecule has 1 N–H and O–H groups in total. The first-order chi connectivity index (χ1) is 5.15. The summed E-state index contributed by atoms with van der Waals surface area (Å²) in [6.45, 7) is 3.44. The Hall–Kier alpha value is -0.370. The predicted molar refractivity (Wildman–Crippen MR) is 41.5 cm³/mol. The zero-order chi connectivity index (χ0) is 8.43. The second-order valence-corrected chi connectivity index (χ2v) is 2.77. The van der Waals surface area contributed by atoms with Crippen molar-refractivity contribution in [3.63, 3.8) is 0 Å². The van der Waals surface area contributed by atoms with E-state index in [4.69, 9.17) is 11.5 Å². The van der Waals surface area contributed by atoms with Crippen molar-refractivity contribution < 1.29 is 6.11 Å². The van der Waals surface area contributed by atoms with Crippen molar-refractivity contribution in [3.8, 4) is 0 Å². The third kappa shape index (κ3) is 1.37. The van der Waals surface area contributed by atoms with E-state index < -0.39 is 6.58 Å². The van der Waals surface area contributed by atoms with Crippen molar-refractivity contribution in [1.82, 2.24) is 0 Å². The number of rotatable bonds is 2. The van der Waals surface area contributed by atoms with Crippen molar-refractivity contribution in [2.75, 3.05) is 6.58 Å². The molecule has 0 radical (unpaired) electrons. The molecule has 2 nitrogen and oxygen atoms in total. The molecule has 2 heteroatoms. The van der Waals surface area contributed by atoms with Gasteiger partial charge in [0.2, 0.25) is 0 Å². The minimum Gasteiger partial charge on any atom is -0.378 e. The first kappa shape index (κ1) is 6.35. The zero-order valence-corrected chi connectivity index (χ0v) is 6.55. The highest BCUT2D eigenvalue weighted by molar-refractivity contribution is 5.81. The molecule has 1 aliphatic heterocycles. The standard InChI is InChI=1S/C8H15NO/c1-3-8-7(6(2)9)4-5-10-8/h7-9H,3-5H2,1-2H3/t7?,8-/m1/s1/i5T/t5-,7?,8+/m0. The molecule has 0 aromatic rings. The van der Waals surface area contributed by atoms with Gasteiger partial charge in [0.15, 0.2) is 0 Å². The van der Waals surface area contributed by atoms with Gasteiger partial charge in [0.1, 0.15) is 0 Å². The van der Waals surface area contributed by atoms with Crippen molar-refractivity contribution in [2.24, 2.45) is 5.92 Å². The van der Waals surface area contributed by atoms with Crippen molar-refractivity contribution in [2.45, 2.75) is 32.8 Å². The summed E-state index contributed by atoms with van der Waals surface area (Å²) < 4.78 is 12.7.